The van der Waals surface area contributed by atoms with E-state index in [0.717, 1.165) is 5.56 Å². The number of halogens is 1. The fourth-order valence-electron chi connectivity index (χ4n) is 2.55. The van der Waals surface area contributed by atoms with Crippen LogP contribution < -0.4 is 10.1 Å². The molecule has 1 amide bonds. The van der Waals surface area contributed by atoms with Gasteiger partial charge in [-0.3, -0.25) is 4.79 Å². The number of para-hydroxylation sites is 1. The molecule has 6 nitrogen and oxygen atoms in total. The minimum atomic E-state index is -0.278. The molecule has 3 aromatic rings. The largest absolute Gasteiger partial charge is 0.494 e. The maximum absolute atomic E-state index is 12.5. The van der Waals surface area contributed by atoms with Gasteiger partial charge in [-0.2, -0.15) is 4.98 Å². The number of aromatic nitrogens is 2. The van der Waals surface area contributed by atoms with Crippen molar-refractivity contribution in [1.29, 1.82) is 0 Å². The highest BCUT2D eigenvalue weighted by molar-refractivity contribution is 6.32. The molecule has 26 heavy (non-hydrogen) atoms. The summed E-state index contributed by atoms with van der Waals surface area (Å²) in [6, 6.07) is 14.4. The smallest absolute Gasteiger partial charge is 0.255 e. The Kier molecular flexibility index (Phi) is 5.53. The number of carbonyl (C=O) groups excluding carboxylic acids is 1. The summed E-state index contributed by atoms with van der Waals surface area (Å²) >= 11 is 6.06. The second-order valence-corrected chi connectivity index (χ2v) is 6.18. The molecule has 134 valence electrons. The fraction of sp³-hybridized carbons (Fsp3) is 0.211. The number of ether oxygens (including phenoxy) is 1. The fourth-order valence-corrected chi connectivity index (χ4v) is 2.80. The van der Waals surface area contributed by atoms with Gasteiger partial charge in [0.1, 0.15) is 5.75 Å². The molecule has 1 atom stereocenters. The van der Waals surface area contributed by atoms with Gasteiger partial charge in [0.05, 0.1) is 17.7 Å². The van der Waals surface area contributed by atoms with Gasteiger partial charge in [-0.25, -0.2) is 0 Å². The molecule has 0 aliphatic rings. The molecule has 1 aromatic heterocycles. The number of methoxy groups -OCH3 is 1. The zero-order valence-electron chi connectivity index (χ0n) is 14.4. The van der Waals surface area contributed by atoms with Crippen LogP contribution in [0.2, 0.25) is 5.02 Å². The molecule has 0 radical (unpaired) electrons. The Bertz CT molecular complexity index is 896. The van der Waals surface area contributed by atoms with E-state index < -0.39 is 0 Å². The molecular formula is C19H18ClN3O3. The van der Waals surface area contributed by atoms with Gasteiger partial charge in [0, 0.05) is 18.0 Å². The average molecular weight is 372 g/mol. The highest BCUT2D eigenvalue weighted by Gasteiger charge is 2.18. The first kappa shape index (κ1) is 17.9. The van der Waals surface area contributed by atoms with Crippen LogP contribution in [0.5, 0.6) is 5.75 Å². The molecule has 2 aromatic carbocycles. The van der Waals surface area contributed by atoms with E-state index in [-0.39, 0.29) is 11.9 Å². The molecule has 0 fully saturated rings. The maximum atomic E-state index is 12.5. The van der Waals surface area contributed by atoms with Crippen LogP contribution in [0.15, 0.2) is 53.1 Å². The average Bonchev–Trinajstić information content (AvgIpc) is 3.10. The van der Waals surface area contributed by atoms with Crippen molar-refractivity contribution in [2.75, 3.05) is 7.11 Å². The van der Waals surface area contributed by atoms with Crippen LogP contribution >= 0.6 is 11.6 Å². The van der Waals surface area contributed by atoms with Gasteiger partial charge < -0.3 is 14.6 Å². The summed E-state index contributed by atoms with van der Waals surface area (Å²) in [5.41, 5.74) is 1.25. The summed E-state index contributed by atoms with van der Waals surface area (Å²) in [5, 5.41) is 7.26. The molecular weight excluding hydrogens is 354 g/mol. The highest BCUT2D eigenvalue weighted by atomic mass is 35.5. The summed E-state index contributed by atoms with van der Waals surface area (Å²) < 4.78 is 10.5. The van der Waals surface area contributed by atoms with Gasteiger partial charge >= 0.3 is 0 Å². The Balaban J connectivity index is 1.66. The van der Waals surface area contributed by atoms with Crippen molar-refractivity contribution in [3.8, 4) is 17.1 Å². The number of carbonyl (C=O) groups is 1. The Hall–Kier alpha value is -2.86. The molecule has 1 N–H and O–H groups in total. The minimum Gasteiger partial charge on any atom is -0.494 e. The monoisotopic (exact) mass is 371 g/mol. The number of hydrogen-bond donors (Lipinski definition) is 1. The molecule has 3 rings (SSSR count). The summed E-state index contributed by atoms with van der Waals surface area (Å²) in [6.45, 7) is 1.86. The van der Waals surface area contributed by atoms with Crippen molar-refractivity contribution in [2.45, 2.75) is 19.4 Å². The quantitative estimate of drug-likeness (QED) is 0.713. The van der Waals surface area contributed by atoms with Crippen molar-refractivity contribution in [2.24, 2.45) is 0 Å². The molecule has 1 unspecified atom stereocenters. The van der Waals surface area contributed by atoms with Gasteiger partial charge in [0.15, 0.2) is 0 Å². The van der Waals surface area contributed by atoms with Gasteiger partial charge in [-0.15, -0.1) is 0 Å². The molecule has 0 bridgehead atoms. The van der Waals surface area contributed by atoms with Crippen LogP contribution in [0.1, 0.15) is 23.2 Å². The Labute approximate surface area is 156 Å². The second kappa shape index (κ2) is 8.01. The molecule has 0 saturated heterocycles. The van der Waals surface area contributed by atoms with Gasteiger partial charge in [0.2, 0.25) is 11.7 Å². The lowest BCUT2D eigenvalue weighted by Gasteiger charge is -2.14. The van der Waals surface area contributed by atoms with E-state index in [1.54, 1.807) is 18.2 Å². The van der Waals surface area contributed by atoms with E-state index in [1.165, 1.54) is 7.11 Å². The predicted molar refractivity (Wildman–Crippen MR) is 98.4 cm³/mol. The third kappa shape index (κ3) is 4.03. The lowest BCUT2D eigenvalue weighted by Crippen LogP contribution is -2.34. The number of hydrogen-bond acceptors (Lipinski definition) is 5. The molecule has 0 saturated carbocycles. The third-order valence-corrected chi connectivity index (χ3v) is 4.07. The maximum Gasteiger partial charge on any atom is 0.255 e. The number of nitrogens with one attached hydrogen (secondary N) is 1. The first-order chi connectivity index (χ1) is 12.6. The van der Waals surface area contributed by atoms with Crippen LogP contribution in [-0.4, -0.2) is 29.2 Å². The highest BCUT2D eigenvalue weighted by Crippen LogP contribution is 2.28. The minimum absolute atomic E-state index is 0.213. The van der Waals surface area contributed by atoms with E-state index in [0.29, 0.717) is 34.5 Å². The van der Waals surface area contributed by atoms with Crippen molar-refractivity contribution in [1.82, 2.24) is 15.5 Å². The normalized spacial score (nSPS) is 11.8. The van der Waals surface area contributed by atoms with E-state index in [9.17, 15) is 4.79 Å². The predicted octanol–water partition coefficient (Wildman–Crippen LogP) is 3.76. The number of rotatable bonds is 6. The first-order valence-corrected chi connectivity index (χ1v) is 8.47. The van der Waals surface area contributed by atoms with Crippen LogP contribution in [0, 0.1) is 0 Å². The zero-order valence-corrected chi connectivity index (χ0v) is 15.2. The van der Waals surface area contributed by atoms with Crippen molar-refractivity contribution >= 4 is 17.5 Å². The standard InChI is InChI=1S/C19H18ClN3O3/c1-12(21-19(24)14-9-6-10-15(20)17(14)25-2)11-16-22-18(23-26-16)13-7-4-3-5-8-13/h3-10,12H,11H2,1-2H3,(H,21,24). The molecule has 0 spiro atoms. The summed E-state index contributed by atoms with van der Waals surface area (Å²) in [4.78, 5) is 16.9. The molecule has 0 aliphatic heterocycles. The van der Waals surface area contributed by atoms with Crippen LogP contribution in [0.3, 0.4) is 0 Å². The van der Waals surface area contributed by atoms with Crippen LogP contribution in [0.4, 0.5) is 0 Å². The van der Waals surface area contributed by atoms with Gasteiger partial charge in [-0.1, -0.05) is 53.2 Å². The summed E-state index contributed by atoms with van der Waals surface area (Å²) in [7, 11) is 1.48. The Morgan fingerprint density at radius 3 is 2.73 bits per heavy atom. The summed E-state index contributed by atoms with van der Waals surface area (Å²) in [6.07, 6.45) is 0.411. The molecule has 1 heterocycles. The van der Waals surface area contributed by atoms with E-state index >= 15 is 0 Å². The van der Waals surface area contributed by atoms with E-state index in [2.05, 4.69) is 15.5 Å². The number of nitrogens with zero attached hydrogens (tertiary/aromatic N) is 2. The van der Waals surface area contributed by atoms with Crippen molar-refractivity contribution in [3.63, 3.8) is 0 Å². The summed E-state index contributed by atoms with van der Waals surface area (Å²) in [5.74, 6) is 1.05. The molecule has 7 heteroatoms. The van der Waals surface area contributed by atoms with E-state index in [1.807, 2.05) is 37.3 Å². The Morgan fingerprint density at radius 2 is 2.00 bits per heavy atom. The molecule has 0 aliphatic carbocycles. The van der Waals surface area contributed by atoms with Crippen molar-refractivity contribution < 1.29 is 14.1 Å². The van der Waals surface area contributed by atoms with Crippen LogP contribution in [-0.2, 0) is 6.42 Å². The lowest BCUT2D eigenvalue weighted by molar-refractivity contribution is 0.0935. The zero-order chi connectivity index (χ0) is 18.5. The third-order valence-electron chi connectivity index (χ3n) is 3.77. The lowest BCUT2D eigenvalue weighted by atomic mass is 10.1. The van der Waals surface area contributed by atoms with Gasteiger partial charge in [-0.05, 0) is 19.1 Å². The first-order valence-electron chi connectivity index (χ1n) is 8.10. The van der Waals surface area contributed by atoms with Crippen molar-refractivity contribution in [3.05, 3.63) is 65.0 Å². The second-order valence-electron chi connectivity index (χ2n) is 5.78. The number of benzene rings is 2. The van der Waals surface area contributed by atoms with E-state index in [4.69, 9.17) is 20.9 Å². The number of amides is 1. The Morgan fingerprint density at radius 1 is 1.23 bits per heavy atom. The van der Waals surface area contributed by atoms with Gasteiger partial charge in [0.25, 0.3) is 5.91 Å². The van der Waals surface area contributed by atoms with Crippen LogP contribution in [0.25, 0.3) is 11.4 Å². The topological polar surface area (TPSA) is 77.2 Å². The SMILES string of the molecule is COc1c(Cl)cccc1C(=O)NC(C)Cc1nc(-c2ccccc2)no1.